The third-order valence-corrected chi connectivity index (χ3v) is 3.10. The van der Waals surface area contributed by atoms with Crippen molar-refractivity contribution in [1.82, 2.24) is 10.2 Å². The molecule has 1 unspecified atom stereocenters. The molecule has 0 saturated heterocycles. The maximum Gasteiger partial charge on any atom is 0.257 e. The molecule has 0 spiro atoms. The van der Waals surface area contributed by atoms with Gasteiger partial charge >= 0.3 is 0 Å². The van der Waals surface area contributed by atoms with E-state index < -0.39 is 0 Å². The third kappa shape index (κ3) is 5.70. The minimum Gasteiger partial charge on any atom is -0.484 e. The summed E-state index contributed by atoms with van der Waals surface area (Å²) in [5.41, 5.74) is 6.03. The van der Waals surface area contributed by atoms with E-state index in [0.29, 0.717) is 17.9 Å². The summed E-state index contributed by atoms with van der Waals surface area (Å²) in [7, 11) is 3.91. The second kappa shape index (κ2) is 8.11. The largest absolute Gasteiger partial charge is 0.484 e. The number of nitrogens with one attached hydrogen (secondary N) is 1. The smallest absolute Gasteiger partial charge is 0.257 e. The van der Waals surface area contributed by atoms with Crippen LogP contribution in [0.3, 0.4) is 0 Å². The first-order valence-electron chi connectivity index (χ1n) is 6.58. The molecule has 0 aliphatic carbocycles. The van der Waals surface area contributed by atoms with E-state index in [-0.39, 0.29) is 24.4 Å². The van der Waals surface area contributed by atoms with Crippen LogP contribution in [0, 0.1) is 0 Å². The topological polar surface area (TPSA) is 100 Å². The Bertz CT molecular complexity index is 485. The number of hydrogen-bond acceptors (Lipinski definition) is 5. The van der Waals surface area contributed by atoms with E-state index in [1.807, 2.05) is 25.9 Å². The average Bonchev–Trinajstić information content (AvgIpc) is 2.50. The van der Waals surface area contributed by atoms with Crippen LogP contribution in [0.5, 0.6) is 5.75 Å². The molecule has 0 aliphatic heterocycles. The van der Waals surface area contributed by atoms with Gasteiger partial charge in [0.1, 0.15) is 5.75 Å². The molecule has 1 atom stereocenters. The van der Waals surface area contributed by atoms with Crippen LogP contribution >= 0.6 is 0 Å². The summed E-state index contributed by atoms with van der Waals surface area (Å²) in [6.45, 7) is 2.54. The number of nitrogens with two attached hydrogens (primary N) is 1. The highest BCUT2D eigenvalue weighted by molar-refractivity contribution is 5.97. The van der Waals surface area contributed by atoms with E-state index in [2.05, 4.69) is 10.5 Å². The summed E-state index contributed by atoms with van der Waals surface area (Å²) in [5.74, 6) is 0.390. The quantitative estimate of drug-likeness (QED) is 0.289. The van der Waals surface area contributed by atoms with Crippen LogP contribution in [0.4, 0.5) is 0 Å². The number of nitrogens with zero attached hydrogens (tertiary/aromatic N) is 2. The number of amidine groups is 1. The lowest BCUT2D eigenvalue weighted by Gasteiger charge is -2.19. The van der Waals surface area contributed by atoms with Crippen molar-refractivity contribution < 1.29 is 14.7 Å². The SMILES string of the molecule is CC(CNC(=O)COc1ccc(C(N)=NO)cc1)N(C)C. The fourth-order valence-electron chi connectivity index (χ4n) is 1.42. The van der Waals surface area contributed by atoms with Gasteiger partial charge in [0.2, 0.25) is 0 Å². The summed E-state index contributed by atoms with van der Waals surface area (Å²) < 4.78 is 5.36. The number of benzene rings is 1. The molecule has 1 rings (SSSR count). The van der Waals surface area contributed by atoms with Crippen LogP contribution in [0.15, 0.2) is 29.4 Å². The standard InChI is InChI=1S/C14H22N4O3/c1-10(18(2)3)8-16-13(19)9-21-12-6-4-11(5-7-12)14(15)17-20/h4-7,10,20H,8-9H2,1-3H3,(H2,15,17)(H,16,19). The monoisotopic (exact) mass is 294 g/mol. The number of likely N-dealkylation sites (N-methyl/N-ethyl adjacent to an activating group) is 1. The lowest BCUT2D eigenvalue weighted by atomic mass is 10.2. The van der Waals surface area contributed by atoms with Crippen molar-refractivity contribution in [2.24, 2.45) is 10.9 Å². The van der Waals surface area contributed by atoms with Gasteiger partial charge in [-0.05, 0) is 45.3 Å². The van der Waals surface area contributed by atoms with Crippen LogP contribution in [0.1, 0.15) is 12.5 Å². The molecule has 21 heavy (non-hydrogen) atoms. The van der Waals surface area contributed by atoms with Gasteiger partial charge in [-0.15, -0.1) is 0 Å². The Balaban J connectivity index is 2.39. The van der Waals surface area contributed by atoms with Gasteiger partial charge in [-0.1, -0.05) is 5.16 Å². The van der Waals surface area contributed by atoms with Gasteiger partial charge in [0.15, 0.2) is 12.4 Å². The van der Waals surface area contributed by atoms with Gasteiger partial charge in [0.25, 0.3) is 5.91 Å². The van der Waals surface area contributed by atoms with Crippen LogP contribution in [0.25, 0.3) is 0 Å². The van der Waals surface area contributed by atoms with Gasteiger partial charge < -0.3 is 25.9 Å². The second-order valence-corrected chi connectivity index (χ2v) is 4.92. The minimum atomic E-state index is -0.177. The molecule has 0 heterocycles. The van der Waals surface area contributed by atoms with Crippen molar-refractivity contribution in [2.75, 3.05) is 27.2 Å². The number of carbonyl (C=O) groups excluding carboxylic acids is 1. The fourth-order valence-corrected chi connectivity index (χ4v) is 1.42. The zero-order valence-electron chi connectivity index (χ0n) is 12.5. The van der Waals surface area contributed by atoms with E-state index in [4.69, 9.17) is 15.7 Å². The van der Waals surface area contributed by atoms with Gasteiger partial charge in [-0.25, -0.2) is 0 Å². The van der Waals surface area contributed by atoms with Gasteiger partial charge in [0.05, 0.1) is 0 Å². The Kier molecular flexibility index (Phi) is 6.48. The van der Waals surface area contributed by atoms with Crippen molar-refractivity contribution in [3.05, 3.63) is 29.8 Å². The average molecular weight is 294 g/mol. The molecule has 0 aromatic heterocycles. The van der Waals surface area contributed by atoms with Crippen molar-refractivity contribution in [1.29, 1.82) is 0 Å². The van der Waals surface area contributed by atoms with Gasteiger partial charge in [-0.3, -0.25) is 4.79 Å². The highest BCUT2D eigenvalue weighted by Crippen LogP contribution is 2.11. The van der Waals surface area contributed by atoms with Crippen molar-refractivity contribution in [3.8, 4) is 5.75 Å². The molecule has 0 radical (unpaired) electrons. The predicted molar refractivity (Wildman–Crippen MR) is 80.6 cm³/mol. The molecule has 0 saturated carbocycles. The summed E-state index contributed by atoms with van der Waals surface area (Å²) >= 11 is 0. The summed E-state index contributed by atoms with van der Waals surface area (Å²) in [5, 5.41) is 14.2. The Labute approximate surface area is 124 Å². The Morgan fingerprint density at radius 2 is 2.05 bits per heavy atom. The van der Waals surface area contributed by atoms with E-state index in [1.165, 1.54) is 0 Å². The number of rotatable bonds is 7. The zero-order chi connectivity index (χ0) is 15.8. The van der Waals surface area contributed by atoms with Crippen LogP contribution in [-0.4, -0.2) is 55.1 Å². The first kappa shape index (κ1) is 16.8. The van der Waals surface area contributed by atoms with E-state index in [1.54, 1.807) is 24.3 Å². The number of ether oxygens (including phenoxy) is 1. The lowest BCUT2D eigenvalue weighted by molar-refractivity contribution is -0.123. The molecule has 0 bridgehead atoms. The van der Waals surface area contributed by atoms with Gasteiger partial charge in [-0.2, -0.15) is 0 Å². The van der Waals surface area contributed by atoms with Gasteiger partial charge in [0, 0.05) is 18.2 Å². The van der Waals surface area contributed by atoms with Crippen LogP contribution in [0.2, 0.25) is 0 Å². The highest BCUT2D eigenvalue weighted by Gasteiger charge is 2.08. The summed E-state index contributed by atoms with van der Waals surface area (Å²) in [6, 6.07) is 6.87. The number of hydrogen-bond donors (Lipinski definition) is 3. The van der Waals surface area contributed by atoms with E-state index in [0.717, 1.165) is 0 Å². The first-order chi connectivity index (χ1) is 9.93. The molecule has 7 nitrogen and oxygen atoms in total. The normalized spacial score (nSPS) is 13.0. The molecule has 1 amide bonds. The second-order valence-electron chi connectivity index (χ2n) is 4.92. The molecule has 116 valence electrons. The van der Waals surface area contributed by atoms with E-state index >= 15 is 0 Å². The Hall–Kier alpha value is -2.28. The molecule has 1 aromatic rings. The van der Waals surface area contributed by atoms with Crippen molar-refractivity contribution >= 4 is 11.7 Å². The maximum atomic E-state index is 11.6. The third-order valence-electron chi connectivity index (χ3n) is 3.10. The number of oxime groups is 1. The van der Waals surface area contributed by atoms with Crippen molar-refractivity contribution in [2.45, 2.75) is 13.0 Å². The fraction of sp³-hybridized carbons (Fsp3) is 0.429. The highest BCUT2D eigenvalue weighted by atomic mass is 16.5. The number of carbonyl (C=O) groups is 1. The molecule has 0 fully saturated rings. The van der Waals surface area contributed by atoms with Crippen LogP contribution < -0.4 is 15.8 Å². The minimum absolute atomic E-state index is 0.0250. The maximum absolute atomic E-state index is 11.6. The van der Waals surface area contributed by atoms with Crippen molar-refractivity contribution in [3.63, 3.8) is 0 Å². The van der Waals surface area contributed by atoms with E-state index in [9.17, 15) is 4.79 Å². The predicted octanol–water partition coefficient (Wildman–Crippen LogP) is 0.226. The molecule has 4 N–H and O–H groups in total. The van der Waals surface area contributed by atoms with Crippen LogP contribution in [-0.2, 0) is 4.79 Å². The summed E-state index contributed by atoms with van der Waals surface area (Å²) in [6.07, 6.45) is 0. The first-order valence-corrected chi connectivity index (χ1v) is 6.58. The molecular weight excluding hydrogens is 272 g/mol. The molecular formula is C14H22N4O3. The Morgan fingerprint density at radius 3 is 2.57 bits per heavy atom. The lowest BCUT2D eigenvalue weighted by Crippen LogP contribution is -2.40. The molecule has 0 aliphatic rings. The Morgan fingerprint density at radius 1 is 1.43 bits per heavy atom. The number of amides is 1. The molecule has 1 aromatic carbocycles. The zero-order valence-corrected chi connectivity index (χ0v) is 12.5. The summed E-state index contributed by atoms with van der Waals surface area (Å²) in [4.78, 5) is 13.7. The molecule has 7 heteroatoms.